The second-order valence-corrected chi connectivity index (χ2v) is 5.67. The van der Waals surface area contributed by atoms with Gasteiger partial charge >= 0.3 is 5.97 Å². The van der Waals surface area contributed by atoms with Crippen LogP contribution in [0, 0.1) is 0 Å². The first-order valence-electron chi connectivity index (χ1n) is 7.76. The van der Waals surface area contributed by atoms with Crippen LogP contribution in [0.25, 0.3) is 0 Å². The molecule has 0 saturated heterocycles. The molecule has 2 aromatic rings. The average molecular weight is 337 g/mol. The first kappa shape index (κ1) is 16.6. The standard InChI is InChI=1S/C19H15NO5/c1-12(21)14-9-6-13(7-10-14)8-11-17(22)25-20-18(23)15-4-2-3-5-16(15)19(20)24/h2-7,9-10H,8,11H2,1H3. The van der Waals surface area contributed by atoms with Crippen LogP contribution in [0.15, 0.2) is 48.5 Å². The number of carbonyl (C=O) groups excluding carboxylic acids is 4. The number of fused-ring (bicyclic) bond motifs is 1. The normalized spacial score (nSPS) is 12.9. The molecule has 0 N–H and O–H groups in total. The maximum Gasteiger partial charge on any atom is 0.333 e. The third-order valence-corrected chi connectivity index (χ3v) is 3.93. The van der Waals surface area contributed by atoms with E-state index in [1.807, 2.05) is 0 Å². The third-order valence-electron chi connectivity index (χ3n) is 3.93. The predicted molar refractivity (Wildman–Crippen MR) is 87.8 cm³/mol. The molecule has 0 aliphatic carbocycles. The summed E-state index contributed by atoms with van der Waals surface area (Å²) in [6.07, 6.45) is 0.382. The van der Waals surface area contributed by atoms with Crippen LogP contribution in [0.3, 0.4) is 0 Å². The van der Waals surface area contributed by atoms with Gasteiger partial charge in [-0.3, -0.25) is 14.4 Å². The summed E-state index contributed by atoms with van der Waals surface area (Å²) in [5.74, 6) is -1.98. The molecule has 0 saturated carbocycles. The zero-order chi connectivity index (χ0) is 18.0. The molecule has 25 heavy (non-hydrogen) atoms. The maximum absolute atomic E-state index is 12.1. The van der Waals surface area contributed by atoms with E-state index in [0.717, 1.165) is 5.56 Å². The summed E-state index contributed by atoms with van der Waals surface area (Å²) in [4.78, 5) is 52.4. The molecule has 0 fully saturated rings. The first-order valence-corrected chi connectivity index (χ1v) is 7.76. The molecule has 6 nitrogen and oxygen atoms in total. The third kappa shape index (κ3) is 3.33. The molecule has 0 unspecified atom stereocenters. The van der Waals surface area contributed by atoms with Crippen molar-refractivity contribution in [3.8, 4) is 0 Å². The number of rotatable bonds is 5. The Labute approximate surface area is 144 Å². The molecule has 2 amide bonds. The van der Waals surface area contributed by atoms with E-state index in [2.05, 4.69) is 0 Å². The fourth-order valence-corrected chi connectivity index (χ4v) is 2.55. The molecular formula is C19H15NO5. The van der Waals surface area contributed by atoms with Gasteiger partial charge < -0.3 is 4.84 Å². The molecule has 0 atom stereocenters. The van der Waals surface area contributed by atoms with Gasteiger partial charge in [-0.2, -0.15) is 0 Å². The summed E-state index contributed by atoms with van der Waals surface area (Å²) in [5, 5.41) is 0.506. The second-order valence-electron chi connectivity index (χ2n) is 5.67. The van der Waals surface area contributed by atoms with Crippen LogP contribution in [0.1, 0.15) is 50.0 Å². The van der Waals surface area contributed by atoms with Gasteiger partial charge in [-0.15, -0.1) is 0 Å². The van der Waals surface area contributed by atoms with E-state index in [4.69, 9.17) is 4.84 Å². The van der Waals surface area contributed by atoms with Gasteiger partial charge in [-0.05, 0) is 31.0 Å². The molecule has 1 aliphatic heterocycles. The number of benzene rings is 2. The monoisotopic (exact) mass is 337 g/mol. The Kier molecular flexibility index (Phi) is 4.43. The lowest BCUT2D eigenvalue weighted by Crippen LogP contribution is -2.32. The number of imide groups is 1. The van der Waals surface area contributed by atoms with Crippen molar-refractivity contribution in [2.24, 2.45) is 0 Å². The highest BCUT2D eigenvalue weighted by atomic mass is 16.7. The minimum atomic E-state index is -0.676. The molecule has 126 valence electrons. The fraction of sp³-hybridized carbons (Fsp3) is 0.158. The van der Waals surface area contributed by atoms with Crippen molar-refractivity contribution in [2.75, 3.05) is 0 Å². The number of aryl methyl sites for hydroxylation is 1. The number of ketones is 1. The summed E-state index contributed by atoms with van der Waals surface area (Å²) in [7, 11) is 0. The van der Waals surface area contributed by atoms with Gasteiger partial charge in [0.05, 0.1) is 17.5 Å². The van der Waals surface area contributed by atoms with E-state index in [1.54, 1.807) is 36.4 Å². The lowest BCUT2D eigenvalue weighted by Gasteiger charge is -2.12. The smallest absolute Gasteiger partial charge is 0.330 e. The Morgan fingerprint density at radius 3 is 2.00 bits per heavy atom. The number of nitrogens with zero attached hydrogens (tertiary/aromatic N) is 1. The van der Waals surface area contributed by atoms with Gasteiger partial charge in [0.25, 0.3) is 11.8 Å². The van der Waals surface area contributed by atoms with Crippen molar-refractivity contribution < 1.29 is 24.0 Å². The van der Waals surface area contributed by atoms with Crippen molar-refractivity contribution in [3.05, 3.63) is 70.8 Å². The SMILES string of the molecule is CC(=O)c1ccc(CCC(=O)ON2C(=O)c3ccccc3C2=O)cc1. The maximum atomic E-state index is 12.1. The largest absolute Gasteiger partial charge is 0.333 e. The molecule has 0 radical (unpaired) electrons. The number of hydroxylamine groups is 2. The summed E-state index contributed by atoms with van der Waals surface area (Å²) < 4.78 is 0. The molecule has 6 heteroatoms. The lowest BCUT2D eigenvalue weighted by atomic mass is 10.1. The zero-order valence-corrected chi connectivity index (χ0v) is 13.5. The number of hydrogen-bond donors (Lipinski definition) is 0. The van der Waals surface area contributed by atoms with Crippen molar-refractivity contribution in [1.29, 1.82) is 0 Å². The first-order chi connectivity index (χ1) is 12.0. The lowest BCUT2D eigenvalue weighted by molar-refractivity contribution is -0.168. The Morgan fingerprint density at radius 1 is 0.920 bits per heavy atom. The van der Waals surface area contributed by atoms with Crippen molar-refractivity contribution in [2.45, 2.75) is 19.8 Å². The van der Waals surface area contributed by atoms with Crippen LogP contribution < -0.4 is 0 Å². The van der Waals surface area contributed by atoms with Crippen LogP contribution in [-0.2, 0) is 16.1 Å². The highest BCUT2D eigenvalue weighted by molar-refractivity contribution is 6.20. The van der Waals surface area contributed by atoms with E-state index in [1.165, 1.54) is 19.1 Å². The van der Waals surface area contributed by atoms with Gasteiger partial charge in [0.1, 0.15) is 0 Å². The minimum Gasteiger partial charge on any atom is -0.330 e. The Balaban J connectivity index is 1.59. The molecule has 3 rings (SSSR count). The van der Waals surface area contributed by atoms with E-state index >= 15 is 0 Å². The van der Waals surface area contributed by atoms with Gasteiger partial charge in [0.2, 0.25) is 0 Å². The van der Waals surface area contributed by atoms with Crippen LogP contribution in [0.5, 0.6) is 0 Å². The van der Waals surface area contributed by atoms with Gasteiger partial charge in [-0.25, -0.2) is 4.79 Å². The Hall–Kier alpha value is -3.28. The van der Waals surface area contributed by atoms with Crippen LogP contribution in [0.4, 0.5) is 0 Å². The molecular weight excluding hydrogens is 322 g/mol. The number of hydrogen-bond acceptors (Lipinski definition) is 5. The highest BCUT2D eigenvalue weighted by Crippen LogP contribution is 2.23. The van der Waals surface area contributed by atoms with Crippen molar-refractivity contribution in [3.63, 3.8) is 0 Å². The molecule has 2 aromatic carbocycles. The topological polar surface area (TPSA) is 80.8 Å². The molecule has 1 heterocycles. The van der Waals surface area contributed by atoms with Crippen molar-refractivity contribution in [1.82, 2.24) is 5.06 Å². The van der Waals surface area contributed by atoms with E-state index in [9.17, 15) is 19.2 Å². The van der Waals surface area contributed by atoms with Crippen LogP contribution in [-0.4, -0.2) is 28.6 Å². The number of carbonyl (C=O) groups is 4. The average Bonchev–Trinajstić information content (AvgIpc) is 2.86. The van der Waals surface area contributed by atoms with Crippen molar-refractivity contribution >= 4 is 23.6 Å². The molecule has 1 aliphatic rings. The summed E-state index contributed by atoms with van der Waals surface area (Å²) >= 11 is 0. The zero-order valence-electron chi connectivity index (χ0n) is 13.5. The number of Topliss-reactive ketones (excluding diaryl/α,β-unsaturated/α-hetero) is 1. The summed E-state index contributed by atoms with van der Waals surface area (Å²) in [6, 6.07) is 13.2. The summed E-state index contributed by atoms with van der Waals surface area (Å²) in [5.41, 5.74) is 1.89. The van der Waals surface area contributed by atoms with Crippen LogP contribution >= 0.6 is 0 Å². The fourth-order valence-electron chi connectivity index (χ4n) is 2.55. The van der Waals surface area contributed by atoms with E-state index < -0.39 is 17.8 Å². The van der Waals surface area contributed by atoms with Gasteiger partial charge in [0, 0.05) is 5.56 Å². The predicted octanol–water partition coefficient (Wildman–Crippen LogP) is 2.58. The second kappa shape index (κ2) is 6.68. The molecule has 0 spiro atoms. The van der Waals surface area contributed by atoms with E-state index in [0.29, 0.717) is 17.0 Å². The summed E-state index contributed by atoms with van der Waals surface area (Å²) in [6.45, 7) is 1.48. The van der Waals surface area contributed by atoms with Gasteiger partial charge in [-0.1, -0.05) is 41.5 Å². The van der Waals surface area contributed by atoms with Crippen LogP contribution in [0.2, 0.25) is 0 Å². The Morgan fingerprint density at radius 2 is 1.48 bits per heavy atom. The van der Waals surface area contributed by atoms with Gasteiger partial charge in [0.15, 0.2) is 5.78 Å². The highest BCUT2D eigenvalue weighted by Gasteiger charge is 2.38. The van der Waals surface area contributed by atoms with E-state index in [-0.39, 0.29) is 23.3 Å². The minimum absolute atomic E-state index is 0.00677. The molecule has 0 aromatic heterocycles. The quantitative estimate of drug-likeness (QED) is 0.619. The Bertz CT molecular complexity index is 835. The number of amides is 2. The molecule has 0 bridgehead atoms.